The van der Waals surface area contributed by atoms with Gasteiger partial charge in [0.05, 0.1) is 0 Å². The van der Waals surface area contributed by atoms with Crippen LogP contribution in [-0.2, 0) is 80.9 Å². The first-order chi connectivity index (χ1) is 40.7. The van der Waals surface area contributed by atoms with Gasteiger partial charge in [-0.1, -0.05) is 72.8 Å². The number of hydrogen-bond acceptors (Lipinski definition) is 9. The summed E-state index contributed by atoms with van der Waals surface area (Å²) in [6, 6.07) is 29.5. The molecule has 4 unspecified atom stereocenters. The van der Waals surface area contributed by atoms with Crippen LogP contribution in [-0.4, -0.2) is 36.9 Å². The SMILES string of the molecule is CC(=O)Nc1c(C)cc(C23CC4C5(c6cc(C)c(COC=N)c(C)c6)CC6(c7cc(C)c(COC=N)c(C)c7)CC(C5(c5cc(C)c(NC(C)=O)c(C)c5)C2)C(c2cc(C)c(NC(C)=O)c(C)c2)(C3)C4(c2cc(C)c(COC=N)c(C)c2)C6)cc1C. The zero-order chi connectivity index (χ0) is 62.0. The Bertz CT molecular complexity index is 3600. The average Bonchev–Trinajstić information content (AvgIpc) is 0.604. The third-order valence-corrected chi connectivity index (χ3v) is 22.4. The Kier molecular flexibility index (Phi) is 14.8. The van der Waals surface area contributed by atoms with Crippen LogP contribution >= 0.6 is 0 Å². The Hall–Kier alpha value is -7.86. The van der Waals surface area contributed by atoms with Crippen LogP contribution in [0, 0.1) is 111 Å². The van der Waals surface area contributed by atoms with Crippen molar-refractivity contribution in [2.45, 2.75) is 195 Å². The number of nitrogens with one attached hydrogen (secondary N) is 6. The van der Waals surface area contributed by atoms with Gasteiger partial charge in [-0.15, -0.1) is 0 Å². The molecule has 6 aromatic rings. The van der Waals surface area contributed by atoms with Crippen LogP contribution in [0.1, 0.15) is 176 Å². The number of hydrogen-bond donors (Lipinski definition) is 6. The number of rotatable bonds is 18. The van der Waals surface area contributed by atoms with Crippen LogP contribution in [0.25, 0.3) is 0 Å². The van der Waals surface area contributed by atoms with Crippen molar-refractivity contribution in [1.82, 2.24) is 0 Å². The van der Waals surface area contributed by atoms with E-state index in [-0.39, 0.29) is 42.8 Å². The number of benzene rings is 6. The van der Waals surface area contributed by atoms with Gasteiger partial charge in [0.15, 0.2) is 19.2 Å². The molecule has 13 rings (SSSR count). The molecule has 4 atom stereocenters. The van der Waals surface area contributed by atoms with Crippen LogP contribution in [0.5, 0.6) is 0 Å². The molecular weight excluding hydrogens is 1070 g/mol. The lowest BCUT2D eigenvalue weighted by Gasteiger charge is -2.90. The molecule has 448 valence electrons. The first kappa shape index (κ1) is 59.9. The molecule has 12 nitrogen and oxygen atoms in total. The van der Waals surface area contributed by atoms with Crippen molar-refractivity contribution in [3.05, 3.63) is 190 Å². The van der Waals surface area contributed by atoms with Crippen LogP contribution < -0.4 is 16.0 Å². The number of aryl methyl sites for hydroxylation is 12. The second-order valence-electron chi connectivity index (χ2n) is 27.2. The van der Waals surface area contributed by atoms with Gasteiger partial charge in [-0.05, 0) is 261 Å². The lowest BCUT2D eigenvalue weighted by molar-refractivity contribution is -0.284. The molecule has 7 aliphatic carbocycles. The van der Waals surface area contributed by atoms with E-state index in [9.17, 15) is 14.4 Å². The zero-order valence-electron chi connectivity index (χ0n) is 53.1. The number of ether oxygens (including phenoxy) is 3. The minimum atomic E-state index is -0.600. The average molecular weight is 1160 g/mol. The molecule has 0 spiro atoms. The predicted molar refractivity (Wildman–Crippen MR) is 344 cm³/mol. The highest BCUT2D eigenvalue weighted by atomic mass is 16.5. The quantitative estimate of drug-likeness (QED) is 0.0367. The monoisotopic (exact) mass is 1150 g/mol. The van der Waals surface area contributed by atoms with Gasteiger partial charge in [0.2, 0.25) is 17.7 Å². The number of amides is 3. The largest absolute Gasteiger partial charge is 0.479 e. The van der Waals surface area contributed by atoms with Gasteiger partial charge < -0.3 is 30.2 Å². The maximum atomic E-state index is 13.2. The van der Waals surface area contributed by atoms with E-state index in [1.54, 1.807) is 20.8 Å². The van der Waals surface area contributed by atoms with Crippen molar-refractivity contribution in [3.8, 4) is 0 Å². The van der Waals surface area contributed by atoms with Gasteiger partial charge >= 0.3 is 0 Å². The highest BCUT2D eigenvalue weighted by Crippen LogP contribution is 2.91. The lowest BCUT2D eigenvalue weighted by Crippen LogP contribution is -2.90. The van der Waals surface area contributed by atoms with Crippen LogP contribution in [0.15, 0.2) is 72.8 Å². The number of carbonyl (C=O) groups excluding carboxylic acids is 3. The van der Waals surface area contributed by atoms with Gasteiger partial charge in [-0.25, -0.2) is 0 Å². The fraction of sp³-hybridized carbons (Fsp3) is 0.432. The Morgan fingerprint density at radius 1 is 0.372 bits per heavy atom. The fourth-order valence-corrected chi connectivity index (χ4v) is 19.8. The van der Waals surface area contributed by atoms with Crippen molar-refractivity contribution >= 4 is 54.0 Å². The second-order valence-corrected chi connectivity index (χ2v) is 27.2. The molecule has 0 heterocycles. The highest BCUT2D eigenvalue weighted by molar-refractivity contribution is 5.92. The summed E-state index contributed by atoms with van der Waals surface area (Å²) in [6.45, 7) is 31.9. The summed E-state index contributed by atoms with van der Waals surface area (Å²) in [5.41, 5.74) is 23.3. The van der Waals surface area contributed by atoms with Gasteiger partial charge in [-0.3, -0.25) is 30.6 Å². The summed E-state index contributed by atoms with van der Waals surface area (Å²) in [5.74, 6) is -0.405. The van der Waals surface area contributed by atoms with E-state index in [1.807, 2.05) is 0 Å². The molecule has 7 saturated carbocycles. The van der Waals surface area contributed by atoms with Crippen molar-refractivity contribution in [2.24, 2.45) is 11.8 Å². The van der Waals surface area contributed by atoms with Crippen molar-refractivity contribution in [2.75, 3.05) is 16.0 Å². The topological polar surface area (TPSA) is 187 Å². The van der Waals surface area contributed by atoms with Crippen molar-refractivity contribution < 1.29 is 28.6 Å². The molecule has 12 heteroatoms. The molecule has 6 aromatic carbocycles. The molecule has 0 saturated heterocycles. The summed E-state index contributed by atoms with van der Waals surface area (Å²) in [4.78, 5) is 39.3. The molecule has 7 aliphatic rings. The minimum Gasteiger partial charge on any atom is -0.479 e. The van der Waals surface area contributed by atoms with E-state index < -0.39 is 32.5 Å². The Labute approximate surface area is 508 Å². The van der Waals surface area contributed by atoms with Crippen molar-refractivity contribution in [3.63, 3.8) is 0 Å². The summed E-state index contributed by atoms with van der Waals surface area (Å²) in [7, 11) is 0. The molecule has 0 aromatic heterocycles. The molecule has 6 N–H and O–H groups in total. The molecular formula is C74H86N6O6. The Morgan fingerprint density at radius 2 is 0.570 bits per heavy atom. The summed E-state index contributed by atoms with van der Waals surface area (Å²) < 4.78 is 17.4. The molecule has 7 fully saturated rings. The fourth-order valence-electron chi connectivity index (χ4n) is 19.8. The summed E-state index contributed by atoms with van der Waals surface area (Å²) >= 11 is 0. The van der Waals surface area contributed by atoms with Gasteiger partial charge in [0, 0.05) is 59.5 Å². The first-order valence-corrected chi connectivity index (χ1v) is 30.5. The zero-order valence-corrected chi connectivity index (χ0v) is 53.1. The Morgan fingerprint density at radius 3 is 0.779 bits per heavy atom. The third kappa shape index (κ3) is 8.56. The first-order valence-electron chi connectivity index (χ1n) is 30.5. The van der Waals surface area contributed by atoms with Gasteiger partial charge in [0.1, 0.15) is 19.8 Å². The van der Waals surface area contributed by atoms with E-state index in [1.165, 1.54) is 33.4 Å². The standard InChI is InChI=1S/C74H86N6O6/c1-40-16-55(17-41(2)61(40)30-84-37-75)69-28-65-73(59-24-48(9)67(49(10)25-59)79-53(14)82)35-70(56-22-46(7)66(47(8)23-56)78-52(13)81)29-64(71(73,33-69)57-18-42(3)62(31-85-38-76)43(4)19-57)72(34-69,58-20-44(5)63(32-86-39-77)45(6)21-58)74(65,36-70)60-26-50(11)68(51(12)27-60)80-54(15)83/h16-27,37-39,64-65,75-77H,28-36H2,1-15H3,(H,78,81)(H,79,82)(H,80,83). The summed E-state index contributed by atoms with van der Waals surface area (Å²) in [5, 5.41) is 33.5. The van der Waals surface area contributed by atoms with Crippen LogP contribution in [0.2, 0.25) is 0 Å². The third-order valence-electron chi connectivity index (χ3n) is 22.4. The Balaban J connectivity index is 1.39. The smallest absolute Gasteiger partial charge is 0.221 e. The van der Waals surface area contributed by atoms with E-state index >= 15 is 0 Å². The molecule has 8 bridgehead atoms. The predicted octanol–water partition coefficient (Wildman–Crippen LogP) is 15.2. The van der Waals surface area contributed by atoms with Gasteiger partial charge in [-0.2, -0.15) is 0 Å². The molecule has 0 aliphatic heterocycles. The summed E-state index contributed by atoms with van der Waals surface area (Å²) in [6.07, 6.45) is 8.23. The van der Waals surface area contributed by atoms with E-state index in [0.29, 0.717) is 6.61 Å². The van der Waals surface area contributed by atoms with Crippen LogP contribution in [0.3, 0.4) is 0 Å². The number of anilines is 3. The normalized spacial score (nSPS) is 26.3. The minimum absolute atomic E-state index is 0.0310. The van der Waals surface area contributed by atoms with E-state index in [0.717, 1.165) is 158 Å². The highest BCUT2D eigenvalue weighted by Gasteiger charge is 2.90. The van der Waals surface area contributed by atoms with E-state index in [4.69, 9.17) is 30.4 Å². The van der Waals surface area contributed by atoms with E-state index in [2.05, 4.69) is 172 Å². The maximum Gasteiger partial charge on any atom is 0.221 e. The van der Waals surface area contributed by atoms with Crippen molar-refractivity contribution in [1.29, 1.82) is 16.2 Å². The number of carbonyl (C=O) groups is 3. The lowest BCUT2D eigenvalue weighted by atomic mass is 9.12. The molecule has 3 amide bonds. The van der Waals surface area contributed by atoms with Gasteiger partial charge in [0.25, 0.3) is 0 Å². The molecule has 86 heavy (non-hydrogen) atoms. The second kappa shape index (κ2) is 21.2. The maximum absolute atomic E-state index is 13.2. The van der Waals surface area contributed by atoms with Crippen LogP contribution in [0.4, 0.5) is 17.1 Å². The molecule has 0 radical (unpaired) electrons.